The maximum atomic E-state index is 12.5. The zero-order chi connectivity index (χ0) is 20.1. The summed E-state index contributed by atoms with van der Waals surface area (Å²) in [6, 6.07) is 9.69. The molecule has 1 aromatic carbocycles. The van der Waals surface area contributed by atoms with Crippen molar-refractivity contribution in [3.05, 3.63) is 47.7 Å². The lowest BCUT2D eigenvalue weighted by Gasteiger charge is -2.28. The number of aromatic carboxylic acids is 1. The van der Waals surface area contributed by atoms with Crippen LogP contribution in [0.1, 0.15) is 47.6 Å². The highest BCUT2D eigenvalue weighted by Gasteiger charge is 2.35. The molecule has 1 aliphatic carbocycles. The van der Waals surface area contributed by atoms with Crippen molar-refractivity contribution in [3.8, 4) is 5.88 Å². The molecule has 1 N–H and O–H groups in total. The van der Waals surface area contributed by atoms with Crippen molar-refractivity contribution in [2.45, 2.75) is 44.7 Å². The molecule has 28 heavy (non-hydrogen) atoms. The molecule has 1 fully saturated rings. The van der Waals surface area contributed by atoms with Crippen LogP contribution in [0.2, 0.25) is 0 Å². The van der Waals surface area contributed by atoms with Gasteiger partial charge in [0, 0.05) is 12.8 Å². The van der Waals surface area contributed by atoms with Gasteiger partial charge >= 0.3 is 12.3 Å². The van der Waals surface area contributed by atoms with Crippen LogP contribution in [0.15, 0.2) is 36.5 Å². The number of hydrogen-bond acceptors (Lipinski definition) is 4. The fourth-order valence-corrected chi connectivity index (χ4v) is 3.39. The normalized spacial score (nSPS) is 20.1. The standard InChI is InChI=1S/C19H21F3N2O4/c20-19(21,22)28-17-16(18(25)26)10-24(23-17)15-8-6-14(7-9-15)12-27-11-13-4-2-1-3-5-13/h1-5,10,14-15H,6-9,11-12H2,(H,25,26). The topological polar surface area (TPSA) is 73.6 Å². The number of carboxylic acid groups (broad SMARTS) is 1. The number of halogens is 3. The summed E-state index contributed by atoms with van der Waals surface area (Å²) in [6.45, 7) is 1.16. The fraction of sp³-hybridized carbons (Fsp3) is 0.474. The van der Waals surface area contributed by atoms with Crippen molar-refractivity contribution in [3.63, 3.8) is 0 Å². The van der Waals surface area contributed by atoms with Crippen LogP contribution in [-0.2, 0) is 11.3 Å². The smallest absolute Gasteiger partial charge is 0.477 e. The molecule has 152 valence electrons. The highest BCUT2D eigenvalue weighted by Crippen LogP contribution is 2.34. The molecule has 1 aromatic heterocycles. The molecule has 1 heterocycles. The summed E-state index contributed by atoms with van der Waals surface area (Å²) in [5, 5.41) is 12.8. The number of carboxylic acids is 1. The molecule has 6 nitrogen and oxygen atoms in total. The van der Waals surface area contributed by atoms with Gasteiger partial charge in [-0.05, 0) is 37.2 Å². The lowest BCUT2D eigenvalue weighted by atomic mass is 9.86. The second-order valence-corrected chi connectivity index (χ2v) is 6.86. The molecular weight excluding hydrogens is 377 g/mol. The maximum absolute atomic E-state index is 12.5. The molecule has 2 aromatic rings. The Morgan fingerprint density at radius 1 is 1.18 bits per heavy atom. The van der Waals surface area contributed by atoms with Crippen molar-refractivity contribution in [2.75, 3.05) is 6.61 Å². The van der Waals surface area contributed by atoms with Crippen molar-refractivity contribution >= 4 is 5.97 Å². The summed E-state index contributed by atoms with van der Waals surface area (Å²) < 4.78 is 48.1. The van der Waals surface area contributed by atoms with Gasteiger partial charge in [-0.1, -0.05) is 30.3 Å². The third kappa shape index (κ3) is 5.48. The molecular formula is C19H21F3N2O4. The zero-order valence-electron chi connectivity index (χ0n) is 15.1. The third-order valence-electron chi connectivity index (χ3n) is 4.80. The van der Waals surface area contributed by atoms with Crippen LogP contribution >= 0.6 is 0 Å². The van der Waals surface area contributed by atoms with Crippen molar-refractivity contribution in [1.29, 1.82) is 0 Å². The van der Waals surface area contributed by atoms with Gasteiger partial charge in [0.05, 0.1) is 12.6 Å². The molecule has 0 atom stereocenters. The van der Waals surface area contributed by atoms with E-state index in [0.717, 1.165) is 24.6 Å². The lowest BCUT2D eigenvalue weighted by Crippen LogP contribution is -2.22. The summed E-state index contributed by atoms with van der Waals surface area (Å²) in [5.74, 6) is -2.07. The first-order chi connectivity index (χ1) is 13.3. The van der Waals surface area contributed by atoms with E-state index in [1.165, 1.54) is 4.68 Å². The van der Waals surface area contributed by atoms with Crippen LogP contribution in [0, 0.1) is 5.92 Å². The number of carbonyl (C=O) groups is 1. The monoisotopic (exact) mass is 398 g/mol. The first-order valence-electron chi connectivity index (χ1n) is 9.01. The van der Waals surface area contributed by atoms with Crippen LogP contribution in [0.3, 0.4) is 0 Å². The predicted molar refractivity (Wildman–Crippen MR) is 93.0 cm³/mol. The summed E-state index contributed by atoms with van der Waals surface area (Å²) in [6.07, 6.45) is -0.844. The van der Waals surface area contributed by atoms with Crippen molar-refractivity contribution in [2.24, 2.45) is 5.92 Å². The highest BCUT2D eigenvalue weighted by atomic mass is 19.4. The number of alkyl halides is 3. The molecule has 0 bridgehead atoms. The van der Waals surface area contributed by atoms with Gasteiger partial charge in [-0.2, -0.15) is 0 Å². The van der Waals surface area contributed by atoms with E-state index in [2.05, 4.69) is 9.84 Å². The zero-order valence-corrected chi connectivity index (χ0v) is 15.1. The Bertz CT molecular complexity index is 784. The third-order valence-corrected chi connectivity index (χ3v) is 4.80. The molecule has 0 amide bonds. The first-order valence-corrected chi connectivity index (χ1v) is 9.01. The van der Waals surface area contributed by atoms with Crippen molar-refractivity contribution < 1.29 is 32.5 Å². The van der Waals surface area contributed by atoms with Crippen molar-refractivity contribution in [1.82, 2.24) is 9.78 Å². The predicted octanol–water partition coefficient (Wildman–Crippen LogP) is 4.43. The maximum Gasteiger partial charge on any atom is 0.574 e. The van der Waals surface area contributed by atoms with Crippen LogP contribution in [-0.4, -0.2) is 33.8 Å². The van der Waals surface area contributed by atoms with Gasteiger partial charge in [-0.15, -0.1) is 18.3 Å². The van der Waals surface area contributed by atoms with Gasteiger partial charge in [-0.25, -0.2) is 4.79 Å². The Kier molecular flexibility index (Phi) is 6.23. The summed E-state index contributed by atoms with van der Waals surface area (Å²) in [7, 11) is 0. The number of ether oxygens (including phenoxy) is 2. The van der Waals surface area contributed by atoms with Gasteiger partial charge in [0.2, 0.25) is 0 Å². The molecule has 0 aliphatic heterocycles. The minimum absolute atomic E-state index is 0.158. The largest absolute Gasteiger partial charge is 0.574 e. The average Bonchev–Trinajstić information content (AvgIpc) is 3.05. The second kappa shape index (κ2) is 8.64. The summed E-state index contributed by atoms with van der Waals surface area (Å²) >= 11 is 0. The second-order valence-electron chi connectivity index (χ2n) is 6.86. The molecule has 0 spiro atoms. The Balaban J connectivity index is 1.53. The van der Waals surface area contributed by atoms with E-state index in [0.29, 0.717) is 32.0 Å². The van der Waals surface area contributed by atoms with Crippen LogP contribution in [0.5, 0.6) is 5.88 Å². The van der Waals surface area contributed by atoms with Gasteiger partial charge in [0.25, 0.3) is 5.88 Å². The molecule has 0 unspecified atom stereocenters. The Morgan fingerprint density at radius 2 is 1.86 bits per heavy atom. The Morgan fingerprint density at radius 3 is 2.46 bits per heavy atom. The SMILES string of the molecule is O=C(O)c1cn(C2CCC(COCc3ccccc3)CC2)nc1OC(F)(F)F. The molecule has 0 radical (unpaired) electrons. The number of hydrogen-bond donors (Lipinski definition) is 1. The summed E-state index contributed by atoms with van der Waals surface area (Å²) in [4.78, 5) is 11.2. The van der Waals surface area contributed by atoms with E-state index < -0.39 is 23.8 Å². The van der Waals surface area contributed by atoms with Gasteiger partial charge in [0.15, 0.2) is 0 Å². The summed E-state index contributed by atoms with van der Waals surface area (Å²) in [5.41, 5.74) is 0.511. The first kappa shape index (κ1) is 20.2. The molecule has 9 heteroatoms. The minimum atomic E-state index is -4.99. The molecule has 0 saturated heterocycles. The van der Waals surface area contributed by atoms with E-state index >= 15 is 0 Å². The molecule has 3 rings (SSSR count). The van der Waals surface area contributed by atoms with E-state index in [-0.39, 0.29) is 6.04 Å². The van der Waals surface area contributed by atoms with Gasteiger partial charge in [-0.3, -0.25) is 4.68 Å². The van der Waals surface area contributed by atoms with E-state index in [1.807, 2.05) is 30.3 Å². The Labute approximate surface area is 159 Å². The fourth-order valence-electron chi connectivity index (χ4n) is 3.39. The molecule has 1 saturated carbocycles. The van der Waals surface area contributed by atoms with Crippen LogP contribution < -0.4 is 4.74 Å². The molecule has 1 aliphatic rings. The average molecular weight is 398 g/mol. The van der Waals surface area contributed by atoms with E-state index in [9.17, 15) is 18.0 Å². The number of nitrogens with zero attached hydrogens (tertiary/aromatic N) is 2. The van der Waals surface area contributed by atoms with E-state index in [1.54, 1.807) is 0 Å². The quantitative estimate of drug-likeness (QED) is 0.747. The lowest BCUT2D eigenvalue weighted by molar-refractivity contribution is -0.276. The Hall–Kier alpha value is -2.55. The highest BCUT2D eigenvalue weighted by molar-refractivity contribution is 5.89. The van der Waals surface area contributed by atoms with Gasteiger partial charge < -0.3 is 14.6 Å². The van der Waals surface area contributed by atoms with Crippen LogP contribution in [0.25, 0.3) is 0 Å². The minimum Gasteiger partial charge on any atom is -0.477 e. The van der Waals surface area contributed by atoms with Crippen LogP contribution in [0.4, 0.5) is 13.2 Å². The number of benzene rings is 1. The number of aromatic nitrogens is 2. The number of rotatable bonds is 7. The van der Waals surface area contributed by atoms with Gasteiger partial charge in [0.1, 0.15) is 5.56 Å². The van der Waals surface area contributed by atoms with E-state index in [4.69, 9.17) is 9.84 Å².